The van der Waals surface area contributed by atoms with Gasteiger partial charge in [0.25, 0.3) is 0 Å². The lowest BCUT2D eigenvalue weighted by Gasteiger charge is -2.23. The molecule has 0 aliphatic carbocycles. The van der Waals surface area contributed by atoms with Crippen molar-refractivity contribution < 1.29 is 0 Å². The average molecular weight is 411 g/mol. The third kappa shape index (κ3) is 4.67. The number of nitrogens with zero attached hydrogens (tertiary/aromatic N) is 5. The number of allylic oxidation sites excluding steroid dienone is 3. The summed E-state index contributed by atoms with van der Waals surface area (Å²) in [5.41, 5.74) is 4.78. The highest BCUT2D eigenvalue weighted by molar-refractivity contribution is 5.83. The zero-order chi connectivity index (χ0) is 21.6. The quantitative estimate of drug-likeness (QED) is 0.333. The van der Waals surface area contributed by atoms with E-state index in [2.05, 4.69) is 57.9 Å². The van der Waals surface area contributed by atoms with Gasteiger partial charge in [0.15, 0.2) is 0 Å². The first-order valence-corrected chi connectivity index (χ1v) is 10.4. The summed E-state index contributed by atoms with van der Waals surface area (Å²) in [5.74, 6) is 6.97. The van der Waals surface area contributed by atoms with E-state index in [0.717, 1.165) is 52.9 Å². The van der Waals surface area contributed by atoms with Gasteiger partial charge in [-0.1, -0.05) is 31.2 Å². The van der Waals surface area contributed by atoms with Gasteiger partial charge in [-0.15, -0.1) is 12.5 Å². The minimum Gasteiger partial charge on any atom is -0.358 e. The van der Waals surface area contributed by atoms with E-state index in [4.69, 9.17) is 4.98 Å². The summed E-state index contributed by atoms with van der Waals surface area (Å²) in [6, 6.07) is 6.09. The molecule has 0 saturated carbocycles. The van der Waals surface area contributed by atoms with Crippen LogP contribution in [0.1, 0.15) is 18.5 Å². The fraction of sp³-hybridized carbons (Fsp3) is 0.240. The van der Waals surface area contributed by atoms with Crippen molar-refractivity contribution in [3.05, 3.63) is 73.7 Å². The van der Waals surface area contributed by atoms with Crippen LogP contribution in [0.5, 0.6) is 0 Å². The molecule has 0 radical (unpaired) electrons. The second kappa shape index (κ2) is 9.31. The fourth-order valence-electron chi connectivity index (χ4n) is 3.58. The molecular formula is C25H26N6. The van der Waals surface area contributed by atoms with Crippen LogP contribution in [0.2, 0.25) is 0 Å². The van der Waals surface area contributed by atoms with Gasteiger partial charge in [-0.05, 0) is 30.2 Å². The van der Waals surface area contributed by atoms with E-state index in [0.29, 0.717) is 25.5 Å². The molecule has 0 spiro atoms. The molecular weight excluding hydrogens is 384 g/mol. The predicted molar refractivity (Wildman–Crippen MR) is 128 cm³/mol. The Morgan fingerprint density at radius 2 is 2.13 bits per heavy atom. The van der Waals surface area contributed by atoms with E-state index in [1.165, 1.54) is 0 Å². The lowest BCUT2D eigenvalue weighted by atomic mass is 10.1. The van der Waals surface area contributed by atoms with Crippen LogP contribution in [0.25, 0.3) is 10.9 Å². The molecule has 6 nitrogen and oxygen atoms in total. The number of aromatic nitrogens is 4. The molecule has 1 aromatic carbocycles. The Kier molecular flexibility index (Phi) is 6.13. The SMILES string of the molecule is C=CCn1ncc2ccc(Nc3ncc(N4CC#CCCC4)c(CC(=C)C=C)n3)cc21. The molecule has 1 aliphatic heterocycles. The van der Waals surface area contributed by atoms with Gasteiger partial charge in [0.05, 0.1) is 42.4 Å². The van der Waals surface area contributed by atoms with E-state index >= 15 is 0 Å². The van der Waals surface area contributed by atoms with Crippen molar-refractivity contribution in [2.75, 3.05) is 23.3 Å². The Morgan fingerprint density at radius 1 is 1.23 bits per heavy atom. The van der Waals surface area contributed by atoms with Crippen LogP contribution in [0.4, 0.5) is 17.3 Å². The third-order valence-corrected chi connectivity index (χ3v) is 5.20. The molecule has 0 saturated heterocycles. The molecule has 0 fully saturated rings. The molecule has 2 aromatic heterocycles. The standard InChI is InChI=1S/C25H26N6/c1-4-12-31-23-16-21(11-10-20(23)17-27-31)28-25-26-18-24(22(29-25)15-19(3)5-2)30-13-8-6-7-9-14-30/h4-5,10-11,16-18H,1-3,6,8,12-15H2,(H,26,28,29). The summed E-state index contributed by atoms with van der Waals surface area (Å²) in [6.07, 6.45) is 9.93. The van der Waals surface area contributed by atoms with Crippen molar-refractivity contribution in [1.29, 1.82) is 0 Å². The Labute approximate surface area is 183 Å². The molecule has 0 bridgehead atoms. The van der Waals surface area contributed by atoms with Crippen LogP contribution in [-0.4, -0.2) is 32.8 Å². The number of hydrogen-bond acceptors (Lipinski definition) is 5. The van der Waals surface area contributed by atoms with E-state index in [-0.39, 0.29) is 0 Å². The molecule has 6 heteroatoms. The lowest BCUT2D eigenvalue weighted by molar-refractivity contribution is 0.729. The van der Waals surface area contributed by atoms with Crippen molar-refractivity contribution in [3.63, 3.8) is 0 Å². The fourth-order valence-corrected chi connectivity index (χ4v) is 3.58. The predicted octanol–water partition coefficient (Wildman–Crippen LogP) is 4.64. The Bertz CT molecular complexity index is 1190. The molecule has 0 amide bonds. The highest BCUT2D eigenvalue weighted by Gasteiger charge is 2.15. The number of fused-ring (bicyclic) bond motifs is 1. The highest BCUT2D eigenvalue weighted by Crippen LogP contribution is 2.25. The molecule has 0 atom stereocenters. The molecule has 1 aliphatic rings. The number of nitrogens with one attached hydrogen (secondary N) is 1. The normalized spacial score (nSPS) is 13.2. The topological polar surface area (TPSA) is 58.9 Å². The van der Waals surface area contributed by atoms with Gasteiger partial charge in [0, 0.05) is 30.5 Å². The van der Waals surface area contributed by atoms with Gasteiger partial charge < -0.3 is 10.2 Å². The first-order valence-electron chi connectivity index (χ1n) is 10.4. The average Bonchev–Trinajstić information content (AvgIpc) is 2.98. The van der Waals surface area contributed by atoms with Crippen molar-refractivity contribution in [2.24, 2.45) is 0 Å². The molecule has 1 N–H and O–H groups in total. The van der Waals surface area contributed by atoms with Gasteiger partial charge >= 0.3 is 0 Å². The Morgan fingerprint density at radius 3 is 2.97 bits per heavy atom. The van der Waals surface area contributed by atoms with E-state index in [9.17, 15) is 0 Å². The van der Waals surface area contributed by atoms with Crippen LogP contribution in [-0.2, 0) is 13.0 Å². The van der Waals surface area contributed by atoms with Crippen molar-refractivity contribution in [3.8, 4) is 11.8 Å². The largest absolute Gasteiger partial charge is 0.358 e. The van der Waals surface area contributed by atoms with Gasteiger partial charge in [-0.2, -0.15) is 5.10 Å². The summed E-state index contributed by atoms with van der Waals surface area (Å²) < 4.78 is 1.91. The summed E-state index contributed by atoms with van der Waals surface area (Å²) in [4.78, 5) is 11.7. The van der Waals surface area contributed by atoms with Crippen molar-refractivity contribution >= 4 is 28.2 Å². The molecule has 3 heterocycles. The summed E-state index contributed by atoms with van der Waals surface area (Å²) >= 11 is 0. The van der Waals surface area contributed by atoms with Gasteiger partial charge in [0.1, 0.15) is 0 Å². The molecule has 3 aromatic rings. The highest BCUT2D eigenvalue weighted by atomic mass is 15.3. The number of hydrogen-bond donors (Lipinski definition) is 1. The van der Waals surface area contributed by atoms with Crippen LogP contribution in [0.3, 0.4) is 0 Å². The lowest BCUT2D eigenvalue weighted by Crippen LogP contribution is -2.26. The summed E-state index contributed by atoms with van der Waals surface area (Å²) in [6.45, 7) is 14.0. The Balaban J connectivity index is 1.64. The van der Waals surface area contributed by atoms with Crippen molar-refractivity contribution in [2.45, 2.75) is 25.8 Å². The molecule has 31 heavy (non-hydrogen) atoms. The van der Waals surface area contributed by atoms with Crippen LogP contribution in [0.15, 0.2) is 68.1 Å². The van der Waals surface area contributed by atoms with Gasteiger partial charge in [-0.25, -0.2) is 9.97 Å². The maximum Gasteiger partial charge on any atom is 0.227 e. The third-order valence-electron chi connectivity index (χ3n) is 5.20. The smallest absolute Gasteiger partial charge is 0.227 e. The zero-order valence-electron chi connectivity index (χ0n) is 17.6. The van der Waals surface area contributed by atoms with Crippen LogP contribution in [0, 0.1) is 11.8 Å². The van der Waals surface area contributed by atoms with E-state index < -0.39 is 0 Å². The van der Waals surface area contributed by atoms with Gasteiger partial charge in [-0.3, -0.25) is 4.68 Å². The van der Waals surface area contributed by atoms with E-state index in [1.807, 2.05) is 35.3 Å². The van der Waals surface area contributed by atoms with Gasteiger partial charge in [0.2, 0.25) is 5.95 Å². The number of anilines is 3. The zero-order valence-corrected chi connectivity index (χ0v) is 17.6. The monoisotopic (exact) mass is 410 g/mol. The second-order valence-electron chi connectivity index (χ2n) is 7.46. The summed E-state index contributed by atoms with van der Waals surface area (Å²) in [5, 5.41) is 8.83. The van der Waals surface area contributed by atoms with Crippen molar-refractivity contribution in [1.82, 2.24) is 19.7 Å². The molecule has 0 unspecified atom stereocenters. The second-order valence-corrected chi connectivity index (χ2v) is 7.46. The minimum absolute atomic E-state index is 0.547. The van der Waals surface area contributed by atoms with Crippen LogP contribution < -0.4 is 10.2 Å². The first-order chi connectivity index (χ1) is 15.2. The number of rotatable bonds is 8. The summed E-state index contributed by atoms with van der Waals surface area (Å²) in [7, 11) is 0. The van der Waals surface area contributed by atoms with Crippen LogP contribution >= 0.6 is 0 Å². The molecule has 4 rings (SSSR count). The minimum atomic E-state index is 0.547. The molecule has 156 valence electrons. The van der Waals surface area contributed by atoms with E-state index in [1.54, 1.807) is 6.08 Å². The maximum absolute atomic E-state index is 4.83. The number of benzene rings is 1. The Hall–Kier alpha value is -3.85. The first kappa shape index (κ1) is 20.4. The maximum atomic E-state index is 4.83.